The van der Waals surface area contributed by atoms with Crippen molar-refractivity contribution in [1.29, 1.82) is 0 Å². The van der Waals surface area contributed by atoms with E-state index in [4.69, 9.17) is 14.5 Å². The molecule has 2 aromatic rings. The number of aliphatic imine (C=N–C) groups is 1. The zero-order valence-corrected chi connectivity index (χ0v) is 17.5. The predicted octanol–water partition coefficient (Wildman–Crippen LogP) is 2.82. The van der Waals surface area contributed by atoms with E-state index in [1.165, 1.54) is 0 Å². The van der Waals surface area contributed by atoms with Crippen molar-refractivity contribution in [2.45, 2.75) is 32.9 Å². The molecule has 1 fully saturated rings. The van der Waals surface area contributed by atoms with Crippen LogP contribution in [-0.4, -0.2) is 50.3 Å². The molecule has 2 N–H and O–H groups in total. The quantitative estimate of drug-likeness (QED) is 0.527. The van der Waals surface area contributed by atoms with Crippen molar-refractivity contribution in [3.8, 4) is 11.6 Å². The van der Waals surface area contributed by atoms with Crippen LogP contribution in [0.4, 0.5) is 5.69 Å². The van der Waals surface area contributed by atoms with Crippen LogP contribution in [-0.2, 0) is 6.54 Å². The Hall–Kier alpha value is -2.96. The van der Waals surface area contributed by atoms with E-state index in [0.717, 1.165) is 49.0 Å². The zero-order valence-electron chi connectivity index (χ0n) is 17.5. The number of benzene rings is 1. The highest BCUT2D eigenvalue weighted by Crippen LogP contribution is 2.30. The third kappa shape index (κ3) is 5.53. The molecule has 1 aromatic carbocycles. The normalized spacial score (nSPS) is 16.6. The van der Waals surface area contributed by atoms with Crippen LogP contribution in [0.1, 0.15) is 25.8 Å². The number of anilines is 1. The molecule has 1 aliphatic heterocycles. The molecule has 0 bridgehead atoms. The molecular formula is C22H31N5O2. The van der Waals surface area contributed by atoms with Gasteiger partial charge >= 0.3 is 0 Å². The molecule has 0 spiro atoms. The minimum atomic E-state index is 0.318. The standard InChI is InChI=1S/C22H31N5O2/c1-4-23-22(25-15-17-9-8-13-24-21(17)29-5-2)26-18-12-14-27(16-18)19-10-6-7-11-20(19)28-3/h6-11,13,18H,4-5,12,14-16H2,1-3H3,(H2,23,25,26). The molecule has 3 rings (SSSR count). The van der Waals surface area contributed by atoms with Crippen LogP contribution in [0, 0.1) is 0 Å². The lowest BCUT2D eigenvalue weighted by Crippen LogP contribution is -2.44. The number of pyridine rings is 1. The number of aromatic nitrogens is 1. The molecule has 0 saturated carbocycles. The number of hydrogen-bond donors (Lipinski definition) is 2. The second-order valence-electron chi connectivity index (χ2n) is 6.84. The lowest BCUT2D eigenvalue weighted by molar-refractivity contribution is 0.323. The van der Waals surface area contributed by atoms with Crippen molar-refractivity contribution in [3.05, 3.63) is 48.2 Å². The number of nitrogens with one attached hydrogen (secondary N) is 2. The summed E-state index contributed by atoms with van der Waals surface area (Å²) in [4.78, 5) is 11.4. The summed E-state index contributed by atoms with van der Waals surface area (Å²) in [6.07, 6.45) is 2.78. The maximum Gasteiger partial charge on any atom is 0.218 e. The fourth-order valence-electron chi connectivity index (χ4n) is 3.48. The van der Waals surface area contributed by atoms with Gasteiger partial charge in [-0.3, -0.25) is 0 Å². The summed E-state index contributed by atoms with van der Waals surface area (Å²) in [7, 11) is 1.72. The molecule has 1 atom stereocenters. The number of guanidine groups is 1. The predicted molar refractivity (Wildman–Crippen MR) is 117 cm³/mol. The van der Waals surface area contributed by atoms with Crippen molar-refractivity contribution >= 4 is 11.6 Å². The van der Waals surface area contributed by atoms with E-state index in [1.54, 1.807) is 13.3 Å². The van der Waals surface area contributed by atoms with Crippen LogP contribution in [0.15, 0.2) is 47.6 Å². The number of hydrogen-bond acceptors (Lipinski definition) is 5. The van der Waals surface area contributed by atoms with E-state index < -0.39 is 0 Å². The molecule has 0 aliphatic carbocycles. The summed E-state index contributed by atoms with van der Waals surface area (Å²) in [5.74, 6) is 2.37. The maximum absolute atomic E-state index is 5.61. The molecule has 1 aromatic heterocycles. The maximum atomic E-state index is 5.61. The van der Waals surface area contributed by atoms with Crippen LogP contribution in [0.25, 0.3) is 0 Å². The second-order valence-corrected chi connectivity index (χ2v) is 6.84. The molecule has 7 nitrogen and oxygen atoms in total. The Bertz CT molecular complexity index is 811. The van der Waals surface area contributed by atoms with Crippen molar-refractivity contribution in [2.24, 2.45) is 4.99 Å². The highest BCUT2D eigenvalue weighted by Gasteiger charge is 2.25. The number of rotatable bonds is 8. The molecule has 1 aliphatic rings. The Kier molecular flexibility index (Phi) is 7.55. The van der Waals surface area contributed by atoms with Crippen molar-refractivity contribution in [1.82, 2.24) is 15.6 Å². The Balaban J connectivity index is 1.64. The Morgan fingerprint density at radius 3 is 2.90 bits per heavy atom. The summed E-state index contributed by atoms with van der Waals surface area (Å²) >= 11 is 0. The molecule has 156 valence electrons. The molecule has 7 heteroatoms. The van der Waals surface area contributed by atoms with Gasteiger partial charge in [0, 0.05) is 37.4 Å². The first kappa shape index (κ1) is 20.8. The third-order valence-electron chi connectivity index (χ3n) is 4.84. The number of nitrogens with zero attached hydrogens (tertiary/aromatic N) is 3. The van der Waals surface area contributed by atoms with Crippen molar-refractivity contribution in [3.63, 3.8) is 0 Å². The lowest BCUT2D eigenvalue weighted by Gasteiger charge is -2.22. The summed E-state index contributed by atoms with van der Waals surface area (Å²) in [5, 5.41) is 6.91. The van der Waals surface area contributed by atoms with Gasteiger partial charge < -0.3 is 25.0 Å². The highest BCUT2D eigenvalue weighted by molar-refractivity contribution is 5.80. The highest BCUT2D eigenvalue weighted by atomic mass is 16.5. The van der Waals surface area contributed by atoms with Crippen LogP contribution < -0.4 is 25.0 Å². The molecule has 29 heavy (non-hydrogen) atoms. The van der Waals surface area contributed by atoms with Crippen LogP contribution in [0.3, 0.4) is 0 Å². The molecule has 1 unspecified atom stereocenters. The minimum Gasteiger partial charge on any atom is -0.495 e. The summed E-state index contributed by atoms with van der Waals surface area (Å²) in [6, 6.07) is 12.4. The monoisotopic (exact) mass is 397 g/mol. The summed E-state index contributed by atoms with van der Waals surface area (Å²) in [6.45, 7) is 7.83. The average molecular weight is 398 g/mol. The molecule has 0 radical (unpaired) electrons. The third-order valence-corrected chi connectivity index (χ3v) is 4.84. The van der Waals surface area contributed by atoms with Crippen molar-refractivity contribution in [2.75, 3.05) is 38.3 Å². The van der Waals surface area contributed by atoms with E-state index in [9.17, 15) is 0 Å². The van der Waals surface area contributed by atoms with Gasteiger partial charge in [-0.05, 0) is 38.5 Å². The van der Waals surface area contributed by atoms with E-state index in [1.807, 2.05) is 37.3 Å². The van der Waals surface area contributed by atoms with Gasteiger partial charge in [-0.15, -0.1) is 0 Å². The number of ether oxygens (including phenoxy) is 2. The van der Waals surface area contributed by atoms with E-state index in [2.05, 4.69) is 33.5 Å². The number of methoxy groups -OCH3 is 1. The SMILES string of the molecule is CCNC(=NCc1cccnc1OCC)NC1CCN(c2ccccc2OC)C1. The van der Waals surface area contributed by atoms with Gasteiger partial charge in [0.05, 0.1) is 25.9 Å². The fraction of sp³-hybridized carbons (Fsp3) is 0.455. The van der Waals surface area contributed by atoms with E-state index in [-0.39, 0.29) is 0 Å². The van der Waals surface area contributed by atoms with Gasteiger partial charge in [-0.1, -0.05) is 18.2 Å². The van der Waals surface area contributed by atoms with Gasteiger partial charge in [0.2, 0.25) is 5.88 Å². The molecular weight excluding hydrogens is 366 g/mol. The average Bonchev–Trinajstić information content (AvgIpc) is 3.21. The Morgan fingerprint density at radius 1 is 1.24 bits per heavy atom. The first-order chi connectivity index (χ1) is 14.2. The van der Waals surface area contributed by atoms with Crippen LogP contribution >= 0.6 is 0 Å². The van der Waals surface area contributed by atoms with Gasteiger partial charge in [0.15, 0.2) is 5.96 Å². The van der Waals surface area contributed by atoms with E-state index in [0.29, 0.717) is 25.1 Å². The van der Waals surface area contributed by atoms with Gasteiger partial charge in [-0.2, -0.15) is 0 Å². The molecule has 1 saturated heterocycles. The second kappa shape index (κ2) is 10.5. The largest absolute Gasteiger partial charge is 0.495 e. The number of para-hydroxylation sites is 2. The topological polar surface area (TPSA) is 71.0 Å². The first-order valence-corrected chi connectivity index (χ1v) is 10.2. The van der Waals surface area contributed by atoms with E-state index >= 15 is 0 Å². The zero-order chi connectivity index (χ0) is 20.5. The van der Waals surface area contributed by atoms with Gasteiger partial charge in [0.25, 0.3) is 0 Å². The van der Waals surface area contributed by atoms with Gasteiger partial charge in [0.1, 0.15) is 5.75 Å². The fourth-order valence-corrected chi connectivity index (χ4v) is 3.48. The molecule has 0 amide bonds. The smallest absolute Gasteiger partial charge is 0.218 e. The van der Waals surface area contributed by atoms with Crippen LogP contribution in [0.5, 0.6) is 11.6 Å². The Morgan fingerprint density at radius 2 is 2.10 bits per heavy atom. The van der Waals surface area contributed by atoms with Crippen molar-refractivity contribution < 1.29 is 9.47 Å². The summed E-state index contributed by atoms with van der Waals surface area (Å²) in [5.41, 5.74) is 2.12. The molecule has 2 heterocycles. The Labute approximate surface area is 173 Å². The first-order valence-electron chi connectivity index (χ1n) is 10.2. The van der Waals surface area contributed by atoms with Crippen LogP contribution in [0.2, 0.25) is 0 Å². The van der Waals surface area contributed by atoms with Gasteiger partial charge in [-0.25, -0.2) is 9.98 Å². The minimum absolute atomic E-state index is 0.318. The summed E-state index contributed by atoms with van der Waals surface area (Å²) < 4.78 is 11.1. The lowest BCUT2D eigenvalue weighted by atomic mass is 10.2.